The number of nitrogens with zero attached hydrogens (tertiary/aromatic N) is 8. The maximum Gasteiger partial charge on any atom is 0.129 e. The maximum absolute atomic E-state index is 5.77. The molecular formula is C31H33ClN8. The van der Waals surface area contributed by atoms with Gasteiger partial charge < -0.3 is 0 Å². The van der Waals surface area contributed by atoms with Crippen molar-refractivity contribution in [2.75, 3.05) is 0 Å². The van der Waals surface area contributed by atoms with E-state index >= 15 is 0 Å². The molecule has 0 radical (unpaired) electrons. The molecule has 0 saturated carbocycles. The third kappa shape index (κ3) is 9.54. The van der Waals surface area contributed by atoms with Crippen LogP contribution in [0.5, 0.6) is 0 Å². The minimum atomic E-state index is 0.630. The maximum atomic E-state index is 5.77. The first-order valence-electron chi connectivity index (χ1n) is 13.5. The second-order valence-corrected chi connectivity index (χ2v) is 9.81. The predicted molar refractivity (Wildman–Crippen MR) is 157 cm³/mol. The molecule has 0 atom stereocenters. The van der Waals surface area contributed by atoms with Gasteiger partial charge in [-0.25, -0.2) is 4.98 Å². The van der Waals surface area contributed by atoms with Gasteiger partial charge in [0.1, 0.15) is 5.15 Å². The number of pyridine rings is 2. The average molecular weight is 553 g/mol. The Kier molecular flexibility index (Phi) is 11.6. The molecule has 40 heavy (non-hydrogen) atoms. The Bertz CT molecular complexity index is 1390. The molecule has 0 spiro atoms. The molecule has 0 fully saturated rings. The van der Waals surface area contributed by atoms with Crippen molar-refractivity contribution < 1.29 is 0 Å². The molecular weight excluding hydrogens is 520 g/mol. The van der Waals surface area contributed by atoms with E-state index in [1.807, 2.05) is 37.3 Å². The van der Waals surface area contributed by atoms with E-state index in [0.29, 0.717) is 5.15 Å². The topological polar surface area (TPSA) is 103 Å². The van der Waals surface area contributed by atoms with Crippen LogP contribution < -0.4 is 0 Å². The van der Waals surface area contributed by atoms with Gasteiger partial charge in [0, 0.05) is 35.5 Å². The lowest BCUT2D eigenvalue weighted by Gasteiger charge is -2.15. The zero-order valence-electron chi connectivity index (χ0n) is 22.7. The van der Waals surface area contributed by atoms with E-state index < -0.39 is 0 Å². The molecule has 5 aromatic heterocycles. The Morgan fingerprint density at radius 3 is 1.65 bits per heavy atom. The molecule has 2 aliphatic rings. The van der Waals surface area contributed by atoms with Crippen LogP contribution >= 0.6 is 11.6 Å². The Hall–Kier alpha value is -4.17. The van der Waals surface area contributed by atoms with Gasteiger partial charge >= 0.3 is 0 Å². The van der Waals surface area contributed by atoms with Gasteiger partial charge in [0.15, 0.2) is 0 Å². The summed E-state index contributed by atoms with van der Waals surface area (Å²) in [6.45, 7) is 1.98. The molecule has 5 aromatic rings. The Labute approximate surface area is 240 Å². The van der Waals surface area contributed by atoms with E-state index in [-0.39, 0.29) is 0 Å². The summed E-state index contributed by atoms with van der Waals surface area (Å²) in [5, 5.41) is 22.6. The molecule has 204 valence electrons. The molecule has 0 aromatic carbocycles. The van der Waals surface area contributed by atoms with Crippen LogP contribution in [-0.2, 0) is 25.7 Å². The summed E-state index contributed by atoms with van der Waals surface area (Å²) < 4.78 is 0. The number of aromatic nitrogens is 8. The van der Waals surface area contributed by atoms with E-state index in [1.54, 1.807) is 37.2 Å². The van der Waals surface area contributed by atoms with Crippen molar-refractivity contribution >= 4 is 11.6 Å². The van der Waals surface area contributed by atoms with E-state index in [1.165, 1.54) is 61.0 Å². The smallest absolute Gasteiger partial charge is 0.129 e. The number of rotatable bonds is 1. The monoisotopic (exact) mass is 552 g/mol. The highest BCUT2D eigenvalue weighted by Gasteiger charge is 2.12. The highest BCUT2D eigenvalue weighted by atomic mass is 35.5. The molecule has 5 heterocycles. The van der Waals surface area contributed by atoms with Crippen molar-refractivity contribution in [2.45, 2.75) is 58.3 Å². The van der Waals surface area contributed by atoms with Crippen molar-refractivity contribution in [3.05, 3.63) is 119 Å². The second kappa shape index (κ2) is 16.1. The van der Waals surface area contributed by atoms with E-state index in [9.17, 15) is 0 Å². The molecule has 0 N–H and O–H groups in total. The minimum absolute atomic E-state index is 0.630. The predicted octanol–water partition coefficient (Wildman–Crippen LogP) is 6.29. The summed E-state index contributed by atoms with van der Waals surface area (Å²) in [7, 11) is 0. The van der Waals surface area contributed by atoms with Crippen molar-refractivity contribution in [3.63, 3.8) is 0 Å². The Morgan fingerprint density at radius 1 is 0.550 bits per heavy atom. The van der Waals surface area contributed by atoms with Crippen LogP contribution in [0.4, 0.5) is 0 Å². The first-order valence-corrected chi connectivity index (χ1v) is 13.9. The summed E-state index contributed by atoms with van der Waals surface area (Å²) in [6, 6.07) is 15.8. The number of aryl methyl sites for hydroxylation is 5. The first kappa shape index (κ1) is 28.8. The number of fused-ring (bicyclic) bond motifs is 2. The number of halogens is 1. The molecule has 0 saturated heterocycles. The first-order chi connectivity index (χ1) is 19.7. The standard InChI is InChI=1S/C13H13N3.C9H10ClN.C5H6N2.C4H4N2/c1-2-4-12-10(3-1)5-6-13(16-12)11-7-8-14-15-9-11;10-9-6-5-7-3-1-2-4-8(7)11-9;1-5-2-3-6-7-4-5;1-2-4-6-5-3-1/h5-9H,1-4H2;5-6H,1-4H2;2-4H,1H3;1-4H. The lowest BCUT2D eigenvalue weighted by Crippen LogP contribution is -2.05. The van der Waals surface area contributed by atoms with Crippen LogP contribution in [0, 0.1) is 6.92 Å². The van der Waals surface area contributed by atoms with E-state index in [4.69, 9.17) is 16.6 Å². The summed E-state index contributed by atoms with van der Waals surface area (Å²) in [6.07, 6.45) is 19.8. The quantitative estimate of drug-likeness (QED) is 0.223. The third-order valence-corrected chi connectivity index (χ3v) is 6.63. The van der Waals surface area contributed by atoms with Gasteiger partial charge in [0.2, 0.25) is 0 Å². The summed E-state index contributed by atoms with van der Waals surface area (Å²) in [5.41, 5.74) is 8.48. The fourth-order valence-corrected chi connectivity index (χ4v) is 4.52. The van der Waals surface area contributed by atoms with Crippen LogP contribution in [0.1, 0.15) is 53.8 Å². The van der Waals surface area contributed by atoms with Crippen LogP contribution in [0.25, 0.3) is 11.3 Å². The zero-order chi connectivity index (χ0) is 27.8. The average Bonchev–Trinajstić information content (AvgIpc) is 3.03. The molecule has 0 unspecified atom stereocenters. The summed E-state index contributed by atoms with van der Waals surface area (Å²) >= 11 is 5.77. The van der Waals surface area contributed by atoms with Crippen LogP contribution in [-0.4, -0.2) is 40.6 Å². The Balaban J connectivity index is 0.000000134. The van der Waals surface area contributed by atoms with Gasteiger partial charge in [-0.3, -0.25) is 4.98 Å². The molecule has 7 rings (SSSR count). The van der Waals surface area contributed by atoms with Crippen molar-refractivity contribution in [2.24, 2.45) is 0 Å². The Morgan fingerprint density at radius 2 is 1.12 bits per heavy atom. The van der Waals surface area contributed by atoms with Crippen LogP contribution in [0.2, 0.25) is 5.15 Å². The van der Waals surface area contributed by atoms with Gasteiger partial charge in [-0.1, -0.05) is 23.7 Å². The fraction of sp³-hybridized carbons (Fsp3) is 0.290. The molecule has 0 bridgehead atoms. The third-order valence-electron chi connectivity index (χ3n) is 6.42. The molecule has 0 aliphatic heterocycles. The summed E-state index contributed by atoms with van der Waals surface area (Å²) in [5.74, 6) is 0. The largest absolute Gasteiger partial charge is 0.252 e. The number of hydrogen-bond acceptors (Lipinski definition) is 8. The molecule has 0 amide bonds. The van der Waals surface area contributed by atoms with E-state index in [2.05, 4.69) is 53.8 Å². The van der Waals surface area contributed by atoms with Gasteiger partial charge in [-0.15, -0.1) is 0 Å². The summed E-state index contributed by atoms with van der Waals surface area (Å²) in [4.78, 5) is 8.99. The lowest BCUT2D eigenvalue weighted by molar-refractivity contribution is 0.668. The highest BCUT2D eigenvalue weighted by molar-refractivity contribution is 6.29. The molecule has 2 aliphatic carbocycles. The molecule has 9 heteroatoms. The normalized spacial score (nSPS) is 12.9. The van der Waals surface area contributed by atoms with Gasteiger partial charge in [0.25, 0.3) is 0 Å². The zero-order valence-corrected chi connectivity index (χ0v) is 23.5. The van der Waals surface area contributed by atoms with Crippen molar-refractivity contribution in [1.29, 1.82) is 0 Å². The lowest BCUT2D eigenvalue weighted by atomic mass is 9.95. The van der Waals surface area contributed by atoms with E-state index in [0.717, 1.165) is 29.7 Å². The fourth-order valence-electron chi connectivity index (χ4n) is 4.35. The SMILES string of the molecule is Cc1ccnnc1.Clc1ccc2c(n1)CCCC2.c1cc(-c2ccc3c(n2)CCCC3)cnn1.c1ccnnc1. The van der Waals surface area contributed by atoms with Crippen molar-refractivity contribution in [3.8, 4) is 11.3 Å². The van der Waals surface area contributed by atoms with Crippen LogP contribution in [0.15, 0.2) is 85.7 Å². The minimum Gasteiger partial charge on any atom is -0.252 e. The van der Waals surface area contributed by atoms with Gasteiger partial charge in [-0.2, -0.15) is 30.6 Å². The highest BCUT2D eigenvalue weighted by Crippen LogP contribution is 2.23. The number of hydrogen-bond donors (Lipinski definition) is 0. The van der Waals surface area contributed by atoms with Gasteiger partial charge in [-0.05, 0) is 111 Å². The van der Waals surface area contributed by atoms with Crippen molar-refractivity contribution in [1.82, 2.24) is 40.6 Å². The van der Waals surface area contributed by atoms with Crippen LogP contribution in [0.3, 0.4) is 0 Å². The van der Waals surface area contributed by atoms with Gasteiger partial charge in [0.05, 0.1) is 24.3 Å². The molecule has 8 nitrogen and oxygen atoms in total. The second-order valence-electron chi connectivity index (χ2n) is 9.42.